The van der Waals surface area contributed by atoms with E-state index in [0.717, 1.165) is 11.3 Å². The third-order valence-corrected chi connectivity index (χ3v) is 3.05. The van der Waals surface area contributed by atoms with Gasteiger partial charge in [0.15, 0.2) is 0 Å². The largest absolute Gasteiger partial charge is 0.399 e. The van der Waals surface area contributed by atoms with Gasteiger partial charge in [0.1, 0.15) is 0 Å². The molecule has 3 aromatic rings. The van der Waals surface area contributed by atoms with E-state index in [4.69, 9.17) is 5.73 Å². The highest BCUT2D eigenvalue weighted by atomic mass is 14.5. The van der Waals surface area contributed by atoms with Gasteiger partial charge in [0, 0.05) is 5.69 Å². The van der Waals surface area contributed by atoms with Gasteiger partial charge in [-0.2, -0.15) is 0 Å². The third kappa shape index (κ3) is 4.66. The van der Waals surface area contributed by atoms with E-state index in [9.17, 15) is 0 Å². The van der Waals surface area contributed by atoms with Crippen molar-refractivity contribution < 1.29 is 0 Å². The van der Waals surface area contributed by atoms with E-state index >= 15 is 0 Å². The van der Waals surface area contributed by atoms with Gasteiger partial charge in [-0.1, -0.05) is 85.5 Å². The molecule has 1 heteroatoms. The Morgan fingerprint density at radius 1 is 0.619 bits per heavy atom. The lowest BCUT2D eigenvalue weighted by Crippen LogP contribution is -1.81. The summed E-state index contributed by atoms with van der Waals surface area (Å²) in [5, 5.41) is 0. The van der Waals surface area contributed by atoms with Crippen molar-refractivity contribution in [1.29, 1.82) is 0 Å². The molecule has 0 aliphatic rings. The zero-order valence-corrected chi connectivity index (χ0v) is 11.9. The Kier molecular flexibility index (Phi) is 5.36. The van der Waals surface area contributed by atoms with Crippen molar-refractivity contribution in [1.82, 2.24) is 0 Å². The highest BCUT2D eigenvalue weighted by molar-refractivity contribution is 5.62. The van der Waals surface area contributed by atoms with E-state index in [0.29, 0.717) is 0 Å². The SMILES string of the molecule is C=Cc1ccc(N)cc1.c1ccc(-c2ccccc2)cc1. The maximum atomic E-state index is 5.45. The number of anilines is 1. The fourth-order valence-corrected chi connectivity index (χ4v) is 1.89. The first-order chi connectivity index (χ1) is 10.3. The van der Waals surface area contributed by atoms with Gasteiger partial charge in [-0.3, -0.25) is 0 Å². The van der Waals surface area contributed by atoms with Gasteiger partial charge < -0.3 is 5.73 Å². The topological polar surface area (TPSA) is 26.0 Å². The van der Waals surface area contributed by atoms with Crippen molar-refractivity contribution in [3.63, 3.8) is 0 Å². The molecule has 0 radical (unpaired) electrons. The molecule has 3 rings (SSSR count). The highest BCUT2D eigenvalue weighted by Crippen LogP contribution is 2.17. The standard InChI is InChI=1S/C12H10.C8H9N/c1-3-7-11(8-4-1)12-9-5-2-6-10-12;1-2-7-3-5-8(9)6-4-7/h1-10H;2-6H,1,9H2. The van der Waals surface area contributed by atoms with Gasteiger partial charge in [0.2, 0.25) is 0 Å². The monoisotopic (exact) mass is 273 g/mol. The summed E-state index contributed by atoms with van der Waals surface area (Å²) < 4.78 is 0. The average molecular weight is 273 g/mol. The Morgan fingerprint density at radius 2 is 1.05 bits per heavy atom. The van der Waals surface area contributed by atoms with Crippen LogP contribution in [0.4, 0.5) is 5.69 Å². The summed E-state index contributed by atoms with van der Waals surface area (Å²) in [6.07, 6.45) is 1.79. The van der Waals surface area contributed by atoms with Crippen LogP contribution in [0.2, 0.25) is 0 Å². The second-order valence-corrected chi connectivity index (χ2v) is 4.60. The molecule has 0 saturated heterocycles. The van der Waals surface area contributed by atoms with Crippen LogP contribution in [0.3, 0.4) is 0 Å². The maximum Gasteiger partial charge on any atom is 0.0314 e. The lowest BCUT2D eigenvalue weighted by Gasteiger charge is -1.98. The Hall–Kier alpha value is -2.80. The molecule has 0 amide bonds. The van der Waals surface area contributed by atoms with Gasteiger partial charge in [0.05, 0.1) is 0 Å². The number of nitrogens with two attached hydrogens (primary N) is 1. The summed E-state index contributed by atoms with van der Waals surface area (Å²) in [7, 11) is 0. The lowest BCUT2D eigenvalue weighted by molar-refractivity contribution is 1.62. The van der Waals surface area contributed by atoms with Crippen molar-refractivity contribution in [3.05, 3.63) is 97.1 Å². The summed E-state index contributed by atoms with van der Waals surface area (Å²) in [6, 6.07) is 28.4. The first-order valence-electron chi connectivity index (χ1n) is 6.88. The van der Waals surface area contributed by atoms with Gasteiger partial charge in [-0.15, -0.1) is 0 Å². The van der Waals surface area contributed by atoms with Crippen LogP contribution in [0.1, 0.15) is 5.56 Å². The van der Waals surface area contributed by atoms with Crippen molar-refractivity contribution in [3.8, 4) is 11.1 Å². The van der Waals surface area contributed by atoms with E-state index in [1.165, 1.54) is 11.1 Å². The van der Waals surface area contributed by atoms with Crippen LogP contribution in [0, 0.1) is 0 Å². The minimum Gasteiger partial charge on any atom is -0.399 e. The number of hydrogen-bond acceptors (Lipinski definition) is 1. The number of nitrogen functional groups attached to an aromatic ring is 1. The number of hydrogen-bond donors (Lipinski definition) is 1. The fourth-order valence-electron chi connectivity index (χ4n) is 1.89. The van der Waals surface area contributed by atoms with Crippen molar-refractivity contribution in [2.45, 2.75) is 0 Å². The summed E-state index contributed by atoms with van der Waals surface area (Å²) in [4.78, 5) is 0. The highest BCUT2D eigenvalue weighted by Gasteiger charge is 1.91. The third-order valence-electron chi connectivity index (χ3n) is 3.05. The Labute approximate surface area is 126 Å². The molecular formula is C20H19N. The van der Waals surface area contributed by atoms with Crippen LogP contribution in [0.15, 0.2) is 91.5 Å². The molecule has 21 heavy (non-hydrogen) atoms. The van der Waals surface area contributed by atoms with Gasteiger partial charge in [-0.05, 0) is 28.8 Å². The minimum absolute atomic E-state index is 0.792. The quantitative estimate of drug-likeness (QED) is 0.633. The van der Waals surface area contributed by atoms with Crippen LogP contribution in [-0.4, -0.2) is 0 Å². The molecule has 0 aliphatic heterocycles. The van der Waals surface area contributed by atoms with Crippen LogP contribution in [0.25, 0.3) is 17.2 Å². The summed E-state index contributed by atoms with van der Waals surface area (Å²) in [5.41, 5.74) is 9.89. The molecule has 0 saturated carbocycles. The molecule has 3 aromatic carbocycles. The van der Waals surface area contributed by atoms with Crippen LogP contribution < -0.4 is 5.73 Å². The van der Waals surface area contributed by atoms with Gasteiger partial charge in [-0.25, -0.2) is 0 Å². The Morgan fingerprint density at radius 3 is 1.43 bits per heavy atom. The molecule has 0 bridgehead atoms. The molecule has 2 N–H and O–H groups in total. The zero-order chi connectivity index (χ0) is 14.9. The molecule has 0 atom stereocenters. The van der Waals surface area contributed by atoms with Crippen molar-refractivity contribution in [2.24, 2.45) is 0 Å². The molecule has 0 spiro atoms. The molecule has 0 heterocycles. The first-order valence-corrected chi connectivity index (χ1v) is 6.88. The Bertz CT molecular complexity index is 618. The maximum absolute atomic E-state index is 5.45. The predicted molar refractivity (Wildman–Crippen MR) is 92.8 cm³/mol. The summed E-state index contributed by atoms with van der Waals surface area (Å²) in [6.45, 7) is 3.62. The van der Waals surface area contributed by atoms with E-state index in [1.807, 2.05) is 36.4 Å². The van der Waals surface area contributed by atoms with E-state index in [1.54, 1.807) is 6.08 Å². The summed E-state index contributed by atoms with van der Waals surface area (Å²) >= 11 is 0. The Balaban J connectivity index is 0.000000161. The smallest absolute Gasteiger partial charge is 0.0314 e. The molecule has 0 aliphatic carbocycles. The lowest BCUT2D eigenvalue weighted by atomic mass is 10.1. The molecule has 0 unspecified atom stereocenters. The average Bonchev–Trinajstić information content (AvgIpc) is 2.58. The van der Waals surface area contributed by atoms with Gasteiger partial charge in [0.25, 0.3) is 0 Å². The zero-order valence-electron chi connectivity index (χ0n) is 11.9. The molecule has 1 nitrogen and oxygen atoms in total. The number of rotatable bonds is 2. The fraction of sp³-hybridized carbons (Fsp3) is 0. The van der Waals surface area contributed by atoms with Crippen LogP contribution >= 0.6 is 0 Å². The molecular weight excluding hydrogens is 254 g/mol. The molecule has 0 fully saturated rings. The molecule has 104 valence electrons. The van der Waals surface area contributed by atoms with Crippen molar-refractivity contribution >= 4 is 11.8 Å². The molecule has 0 aromatic heterocycles. The van der Waals surface area contributed by atoms with Crippen molar-refractivity contribution in [2.75, 3.05) is 5.73 Å². The summed E-state index contributed by atoms with van der Waals surface area (Å²) in [5.74, 6) is 0. The second kappa shape index (κ2) is 7.71. The normalized spacial score (nSPS) is 9.33. The minimum atomic E-state index is 0.792. The predicted octanol–water partition coefficient (Wildman–Crippen LogP) is 5.27. The van der Waals surface area contributed by atoms with Crippen LogP contribution in [-0.2, 0) is 0 Å². The van der Waals surface area contributed by atoms with Gasteiger partial charge >= 0.3 is 0 Å². The van der Waals surface area contributed by atoms with E-state index < -0.39 is 0 Å². The van der Waals surface area contributed by atoms with E-state index in [-0.39, 0.29) is 0 Å². The first kappa shape index (κ1) is 14.6. The number of benzene rings is 3. The van der Waals surface area contributed by atoms with E-state index in [2.05, 4.69) is 55.1 Å². The van der Waals surface area contributed by atoms with Crippen LogP contribution in [0.5, 0.6) is 0 Å². The second-order valence-electron chi connectivity index (χ2n) is 4.60.